The topological polar surface area (TPSA) is 82.7 Å². The normalized spacial score (nSPS) is 15.5. The molecule has 0 aliphatic carbocycles. The largest absolute Gasteiger partial charge is 0.497 e. The number of benzene rings is 2. The predicted molar refractivity (Wildman–Crippen MR) is 129 cm³/mol. The number of fused-ring (bicyclic) bond motifs is 1. The van der Waals surface area contributed by atoms with Crippen LogP contribution in [0.1, 0.15) is 48.5 Å². The zero-order valence-corrected chi connectivity index (χ0v) is 20.4. The molecule has 1 aliphatic rings. The van der Waals surface area contributed by atoms with E-state index in [1.54, 1.807) is 32.4 Å². The number of carbonyl (C=O) groups is 1. The van der Waals surface area contributed by atoms with Crippen molar-refractivity contribution in [3.05, 3.63) is 59.8 Å². The highest BCUT2D eigenvalue weighted by molar-refractivity contribution is 7.89. The van der Waals surface area contributed by atoms with E-state index in [0.29, 0.717) is 24.6 Å². The molecule has 33 heavy (non-hydrogen) atoms. The summed E-state index contributed by atoms with van der Waals surface area (Å²) >= 11 is 0. The van der Waals surface area contributed by atoms with Gasteiger partial charge in [0, 0.05) is 48.8 Å². The molecule has 1 aromatic heterocycles. The molecule has 2 heterocycles. The Kier molecular flexibility index (Phi) is 6.50. The Morgan fingerprint density at radius 3 is 2.55 bits per heavy atom. The van der Waals surface area contributed by atoms with Crippen molar-refractivity contribution in [2.75, 3.05) is 27.2 Å². The predicted octanol–water partition coefficient (Wildman–Crippen LogP) is 4.23. The fraction of sp³-hybridized carbons (Fsp3) is 0.400. The molecule has 1 aliphatic heterocycles. The number of rotatable bonds is 6. The smallest absolute Gasteiger partial charge is 0.253 e. The Balaban J connectivity index is 1.48. The van der Waals surface area contributed by atoms with Crippen LogP contribution in [0.25, 0.3) is 10.9 Å². The SMILES string of the molecule is COc1ccc2[nH]cc(C3CCN(C(=O)c4cccc(S(=O)(=O)N(C)C(C)C)c4)CC3)c2c1. The van der Waals surface area contributed by atoms with Crippen LogP contribution in [0, 0.1) is 0 Å². The molecule has 1 saturated heterocycles. The number of hydrogen-bond donors (Lipinski definition) is 1. The van der Waals surface area contributed by atoms with Crippen molar-refractivity contribution in [3.63, 3.8) is 0 Å². The third kappa shape index (κ3) is 4.50. The van der Waals surface area contributed by atoms with Gasteiger partial charge < -0.3 is 14.6 Å². The second-order valence-electron chi connectivity index (χ2n) is 8.86. The average Bonchev–Trinajstić information content (AvgIpc) is 3.26. The fourth-order valence-electron chi connectivity index (χ4n) is 4.40. The van der Waals surface area contributed by atoms with Crippen LogP contribution in [0.15, 0.2) is 53.6 Å². The molecule has 0 unspecified atom stereocenters. The minimum atomic E-state index is -3.64. The number of H-pyrrole nitrogens is 1. The molecule has 8 heteroatoms. The molecule has 3 aromatic rings. The van der Waals surface area contributed by atoms with Crippen molar-refractivity contribution < 1.29 is 17.9 Å². The van der Waals surface area contributed by atoms with Gasteiger partial charge in [0.2, 0.25) is 10.0 Å². The van der Waals surface area contributed by atoms with Gasteiger partial charge in [0.1, 0.15) is 5.75 Å². The number of carbonyl (C=O) groups excluding carboxylic acids is 1. The van der Waals surface area contributed by atoms with Crippen LogP contribution in [0.2, 0.25) is 0 Å². The van der Waals surface area contributed by atoms with Gasteiger partial charge in [0.15, 0.2) is 0 Å². The van der Waals surface area contributed by atoms with Gasteiger partial charge >= 0.3 is 0 Å². The zero-order valence-electron chi connectivity index (χ0n) is 19.5. The number of sulfonamides is 1. The number of hydrogen-bond acceptors (Lipinski definition) is 4. The van der Waals surface area contributed by atoms with Gasteiger partial charge in [-0.1, -0.05) is 6.07 Å². The van der Waals surface area contributed by atoms with Crippen LogP contribution >= 0.6 is 0 Å². The summed E-state index contributed by atoms with van der Waals surface area (Å²) in [5.41, 5.74) is 2.73. The Hall–Kier alpha value is -2.84. The molecule has 0 bridgehead atoms. The number of ether oxygens (including phenoxy) is 1. The molecule has 2 aromatic carbocycles. The molecule has 1 N–H and O–H groups in total. The maximum absolute atomic E-state index is 13.2. The lowest BCUT2D eigenvalue weighted by Crippen LogP contribution is -2.38. The highest BCUT2D eigenvalue weighted by atomic mass is 32.2. The van der Waals surface area contributed by atoms with Crippen LogP contribution < -0.4 is 4.74 Å². The molecule has 1 fully saturated rings. The van der Waals surface area contributed by atoms with E-state index < -0.39 is 10.0 Å². The third-order valence-corrected chi connectivity index (χ3v) is 8.66. The average molecular weight is 470 g/mol. The van der Waals surface area contributed by atoms with Gasteiger partial charge in [0.05, 0.1) is 12.0 Å². The Morgan fingerprint density at radius 2 is 1.88 bits per heavy atom. The first-order chi connectivity index (χ1) is 15.7. The number of likely N-dealkylation sites (tertiary alicyclic amines) is 1. The number of aromatic amines is 1. The third-order valence-electron chi connectivity index (χ3n) is 6.63. The number of aromatic nitrogens is 1. The number of piperidine rings is 1. The lowest BCUT2D eigenvalue weighted by molar-refractivity contribution is 0.0713. The first-order valence-corrected chi connectivity index (χ1v) is 12.7. The highest BCUT2D eigenvalue weighted by Crippen LogP contribution is 2.35. The Morgan fingerprint density at radius 1 is 1.15 bits per heavy atom. The van der Waals surface area contributed by atoms with E-state index in [1.165, 1.54) is 15.9 Å². The van der Waals surface area contributed by atoms with Crippen molar-refractivity contribution in [2.45, 2.75) is 43.5 Å². The lowest BCUT2D eigenvalue weighted by atomic mass is 9.89. The van der Waals surface area contributed by atoms with E-state index in [1.807, 2.05) is 30.9 Å². The van der Waals surface area contributed by atoms with Crippen molar-refractivity contribution in [1.82, 2.24) is 14.2 Å². The summed E-state index contributed by atoms with van der Waals surface area (Å²) in [5, 5.41) is 1.16. The quantitative estimate of drug-likeness (QED) is 0.586. The van der Waals surface area contributed by atoms with Gasteiger partial charge in [-0.05, 0) is 74.6 Å². The lowest BCUT2D eigenvalue weighted by Gasteiger charge is -2.32. The number of amides is 1. The summed E-state index contributed by atoms with van der Waals surface area (Å²) in [7, 11) is -0.421. The van der Waals surface area contributed by atoms with E-state index in [0.717, 1.165) is 29.5 Å². The molecule has 7 nitrogen and oxygen atoms in total. The minimum absolute atomic E-state index is 0.127. The van der Waals surface area contributed by atoms with Crippen molar-refractivity contribution >= 4 is 26.8 Å². The molecule has 0 spiro atoms. The minimum Gasteiger partial charge on any atom is -0.497 e. The summed E-state index contributed by atoms with van der Waals surface area (Å²) in [6.07, 6.45) is 3.76. The van der Waals surface area contributed by atoms with Gasteiger partial charge in [0.25, 0.3) is 5.91 Å². The first kappa shape index (κ1) is 23.3. The van der Waals surface area contributed by atoms with Crippen LogP contribution in [-0.4, -0.2) is 61.8 Å². The van der Waals surface area contributed by atoms with Crippen LogP contribution in [0.4, 0.5) is 0 Å². The highest BCUT2D eigenvalue weighted by Gasteiger charge is 2.28. The number of nitrogens with zero attached hydrogens (tertiary/aromatic N) is 2. The van der Waals surface area contributed by atoms with Crippen LogP contribution in [-0.2, 0) is 10.0 Å². The monoisotopic (exact) mass is 469 g/mol. The standard InChI is InChI=1S/C25H31N3O4S/c1-17(2)27(3)33(30,31)21-7-5-6-19(14-21)25(29)28-12-10-18(11-13-28)23-16-26-24-9-8-20(32-4)15-22(23)24/h5-9,14-18,26H,10-13H2,1-4H3. The maximum Gasteiger partial charge on any atom is 0.253 e. The molecular weight excluding hydrogens is 438 g/mol. The van der Waals surface area contributed by atoms with E-state index >= 15 is 0 Å². The summed E-state index contributed by atoms with van der Waals surface area (Å²) in [6.45, 7) is 4.90. The fourth-order valence-corrected chi connectivity index (χ4v) is 5.81. The summed E-state index contributed by atoms with van der Waals surface area (Å²) in [6, 6.07) is 12.2. The first-order valence-electron chi connectivity index (χ1n) is 11.2. The van der Waals surface area contributed by atoms with Gasteiger partial charge in [-0.2, -0.15) is 4.31 Å². The number of methoxy groups -OCH3 is 1. The van der Waals surface area contributed by atoms with Crippen LogP contribution in [0.5, 0.6) is 5.75 Å². The molecule has 0 atom stereocenters. The van der Waals surface area contributed by atoms with E-state index in [9.17, 15) is 13.2 Å². The molecule has 1 amide bonds. The van der Waals surface area contributed by atoms with E-state index in [4.69, 9.17) is 4.74 Å². The molecule has 0 radical (unpaired) electrons. The second-order valence-corrected chi connectivity index (χ2v) is 10.9. The molecule has 0 saturated carbocycles. The zero-order chi connectivity index (χ0) is 23.8. The summed E-state index contributed by atoms with van der Waals surface area (Å²) in [5.74, 6) is 1.05. The summed E-state index contributed by atoms with van der Waals surface area (Å²) in [4.78, 5) is 18.5. The Bertz CT molecular complexity index is 1260. The number of nitrogens with one attached hydrogen (secondary N) is 1. The maximum atomic E-state index is 13.2. The van der Waals surface area contributed by atoms with Gasteiger partial charge in [-0.25, -0.2) is 8.42 Å². The van der Waals surface area contributed by atoms with Crippen molar-refractivity contribution in [2.24, 2.45) is 0 Å². The van der Waals surface area contributed by atoms with E-state index in [2.05, 4.69) is 17.2 Å². The molecular formula is C25H31N3O4S. The molecule has 4 rings (SSSR count). The van der Waals surface area contributed by atoms with Gasteiger partial charge in [-0.3, -0.25) is 4.79 Å². The van der Waals surface area contributed by atoms with Crippen molar-refractivity contribution in [3.8, 4) is 5.75 Å². The van der Waals surface area contributed by atoms with Crippen LogP contribution in [0.3, 0.4) is 0 Å². The van der Waals surface area contributed by atoms with E-state index in [-0.39, 0.29) is 16.8 Å². The Labute approximate surface area is 195 Å². The van der Waals surface area contributed by atoms with Gasteiger partial charge in [-0.15, -0.1) is 0 Å². The molecule has 176 valence electrons. The summed E-state index contributed by atoms with van der Waals surface area (Å²) < 4.78 is 32.4. The second kappa shape index (κ2) is 9.19. The van der Waals surface area contributed by atoms with Crippen molar-refractivity contribution in [1.29, 1.82) is 0 Å².